The Labute approximate surface area is 203 Å². The summed E-state index contributed by atoms with van der Waals surface area (Å²) in [5.74, 6) is 1.92. The van der Waals surface area contributed by atoms with E-state index >= 15 is 0 Å². The fourth-order valence-corrected chi connectivity index (χ4v) is 3.89. The molecule has 2 aromatic carbocycles. The van der Waals surface area contributed by atoms with Crippen LogP contribution in [0.2, 0.25) is 0 Å². The lowest BCUT2D eigenvalue weighted by Gasteiger charge is -2.15. The van der Waals surface area contributed by atoms with Gasteiger partial charge in [-0.05, 0) is 49.7 Å². The highest BCUT2D eigenvalue weighted by Gasteiger charge is 2.18. The van der Waals surface area contributed by atoms with Gasteiger partial charge in [0.1, 0.15) is 18.1 Å². The predicted molar refractivity (Wildman–Crippen MR) is 132 cm³/mol. The van der Waals surface area contributed by atoms with E-state index in [1.165, 1.54) is 18.8 Å². The van der Waals surface area contributed by atoms with Crippen molar-refractivity contribution in [3.05, 3.63) is 87.7 Å². The number of aromatic nitrogens is 1. The molecule has 2 heterocycles. The third kappa shape index (κ3) is 5.01. The van der Waals surface area contributed by atoms with E-state index in [0.29, 0.717) is 45.9 Å². The highest BCUT2D eigenvalue weighted by Crippen LogP contribution is 2.32. The molecule has 0 aliphatic heterocycles. The molecule has 0 saturated carbocycles. The summed E-state index contributed by atoms with van der Waals surface area (Å²) in [5.41, 5.74) is 2.03. The number of benzene rings is 2. The van der Waals surface area contributed by atoms with Crippen molar-refractivity contribution in [1.29, 1.82) is 0 Å². The third-order valence-electron chi connectivity index (χ3n) is 5.79. The first kappa shape index (κ1) is 23.9. The van der Waals surface area contributed by atoms with Crippen LogP contribution in [0, 0.1) is 6.92 Å². The van der Waals surface area contributed by atoms with Crippen molar-refractivity contribution in [2.75, 3.05) is 14.2 Å². The van der Waals surface area contributed by atoms with Crippen molar-refractivity contribution in [3.8, 4) is 17.2 Å². The van der Waals surface area contributed by atoms with Gasteiger partial charge < -0.3 is 28.5 Å². The Morgan fingerprint density at radius 1 is 1.03 bits per heavy atom. The SMILES string of the molecule is CCn1cc(C(=O)NCc2ccc(C)cc2OCc2ccco2)c2cc(OC)c(OC)cc2c1=O. The minimum atomic E-state index is -0.318. The number of furan rings is 1. The molecule has 0 aliphatic carbocycles. The summed E-state index contributed by atoms with van der Waals surface area (Å²) in [5, 5.41) is 3.85. The second-order valence-corrected chi connectivity index (χ2v) is 8.05. The van der Waals surface area contributed by atoms with Crippen LogP contribution < -0.4 is 25.1 Å². The van der Waals surface area contributed by atoms with Gasteiger partial charge >= 0.3 is 0 Å². The molecule has 0 unspecified atom stereocenters. The lowest BCUT2D eigenvalue weighted by atomic mass is 10.0. The number of nitrogens with zero attached hydrogens (tertiary/aromatic N) is 1. The van der Waals surface area contributed by atoms with Crippen LogP contribution in [0.3, 0.4) is 0 Å². The molecule has 4 aromatic rings. The summed E-state index contributed by atoms with van der Waals surface area (Å²) in [6, 6.07) is 12.7. The topological polar surface area (TPSA) is 91.9 Å². The zero-order valence-corrected chi connectivity index (χ0v) is 20.2. The summed E-state index contributed by atoms with van der Waals surface area (Å²) in [6.07, 6.45) is 3.18. The quantitative estimate of drug-likeness (QED) is 0.384. The normalized spacial score (nSPS) is 10.9. The molecule has 182 valence electrons. The van der Waals surface area contributed by atoms with E-state index in [1.54, 1.807) is 30.7 Å². The van der Waals surface area contributed by atoms with E-state index in [9.17, 15) is 9.59 Å². The second kappa shape index (κ2) is 10.4. The zero-order chi connectivity index (χ0) is 24.9. The van der Waals surface area contributed by atoms with E-state index < -0.39 is 0 Å². The minimum Gasteiger partial charge on any atom is -0.493 e. The number of carbonyl (C=O) groups excluding carboxylic acids is 1. The minimum absolute atomic E-state index is 0.202. The first-order valence-electron chi connectivity index (χ1n) is 11.3. The molecule has 0 atom stereocenters. The molecule has 0 bridgehead atoms. The number of pyridine rings is 1. The first-order chi connectivity index (χ1) is 16.9. The highest BCUT2D eigenvalue weighted by atomic mass is 16.5. The summed E-state index contributed by atoms with van der Waals surface area (Å²) in [4.78, 5) is 26.3. The van der Waals surface area contributed by atoms with E-state index in [1.807, 2.05) is 38.1 Å². The van der Waals surface area contributed by atoms with E-state index in [2.05, 4.69) is 5.32 Å². The van der Waals surface area contributed by atoms with Crippen molar-refractivity contribution < 1.29 is 23.4 Å². The van der Waals surface area contributed by atoms with Crippen molar-refractivity contribution in [1.82, 2.24) is 9.88 Å². The monoisotopic (exact) mass is 476 g/mol. The molecule has 0 fully saturated rings. The van der Waals surface area contributed by atoms with Crippen LogP contribution >= 0.6 is 0 Å². The van der Waals surface area contributed by atoms with Gasteiger partial charge in [0.05, 0.1) is 31.4 Å². The summed E-state index contributed by atoms with van der Waals surface area (Å²) < 4.78 is 23.6. The molecule has 0 aliphatic rings. The van der Waals surface area contributed by atoms with Gasteiger partial charge in [-0.1, -0.05) is 12.1 Å². The first-order valence-corrected chi connectivity index (χ1v) is 11.3. The average Bonchev–Trinajstić information content (AvgIpc) is 3.40. The van der Waals surface area contributed by atoms with Crippen LogP contribution in [-0.4, -0.2) is 24.7 Å². The maximum absolute atomic E-state index is 13.3. The van der Waals surface area contributed by atoms with Gasteiger partial charge in [0.25, 0.3) is 11.5 Å². The number of hydrogen-bond acceptors (Lipinski definition) is 6. The number of fused-ring (bicyclic) bond motifs is 1. The van der Waals surface area contributed by atoms with Gasteiger partial charge in [0.2, 0.25) is 0 Å². The zero-order valence-electron chi connectivity index (χ0n) is 20.2. The number of nitrogens with one attached hydrogen (secondary N) is 1. The molecule has 0 radical (unpaired) electrons. The Balaban J connectivity index is 1.64. The number of ether oxygens (including phenoxy) is 3. The van der Waals surface area contributed by atoms with Crippen molar-refractivity contribution in [3.63, 3.8) is 0 Å². The lowest BCUT2D eigenvalue weighted by molar-refractivity contribution is 0.0951. The smallest absolute Gasteiger partial charge is 0.258 e. The molecule has 4 rings (SSSR count). The van der Waals surface area contributed by atoms with Gasteiger partial charge in [0, 0.05) is 30.2 Å². The van der Waals surface area contributed by atoms with Crippen LogP contribution in [0.15, 0.2) is 64.1 Å². The van der Waals surface area contributed by atoms with Crippen LogP contribution in [-0.2, 0) is 19.7 Å². The number of hydrogen-bond donors (Lipinski definition) is 1. The summed E-state index contributed by atoms with van der Waals surface area (Å²) in [6.45, 7) is 4.78. The van der Waals surface area contributed by atoms with Gasteiger partial charge in [0.15, 0.2) is 11.5 Å². The molecule has 2 aromatic heterocycles. The number of carbonyl (C=O) groups is 1. The van der Waals surface area contributed by atoms with Crippen molar-refractivity contribution in [2.24, 2.45) is 0 Å². The Kier molecular flexibility index (Phi) is 7.10. The van der Waals surface area contributed by atoms with Gasteiger partial charge in [-0.3, -0.25) is 9.59 Å². The maximum atomic E-state index is 13.3. The molecule has 0 spiro atoms. The molecule has 1 N–H and O–H groups in total. The lowest BCUT2D eigenvalue weighted by Crippen LogP contribution is -2.27. The number of methoxy groups -OCH3 is 2. The van der Waals surface area contributed by atoms with Crippen LogP contribution in [0.1, 0.15) is 34.2 Å². The predicted octanol–water partition coefficient (Wildman–Crippen LogP) is 4.45. The molecular formula is C27H28N2O6. The summed E-state index contributed by atoms with van der Waals surface area (Å²) >= 11 is 0. The van der Waals surface area contributed by atoms with E-state index in [0.717, 1.165) is 11.1 Å². The highest BCUT2D eigenvalue weighted by molar-refractivity contribution is 6.07. The Hall–Kier alpha value is -4.20. The van der Waals surface area contributed by atoms with Gasteiger partial charge in [-0.15, -0.1) is 0 Å². The molecule has 8 heteroatoms. The number of rotatable bonds is 9. The Morgan fingerprint density at radius 2 is 1.77 bits per heavy atom. The number of aryl methyl sites for hydroxylation is 2. The molecule has 8 nitrogen and oxygen atoms in total. The molecule has 0 saturated heterocycles. The third-order valence-corrected chi connectivity index (χ3v) is 5.79. The van der Waals surface area contributed by atoms with Crippen LogP contribution in [0.25, 0.3) is 10.8 Å². The van der Waals surface area contributed by atoms with Gasteiger partial charge in [-0.2, -0.15) is 0 Å². The Bertz CT molecular complexity index is 1410. The fourth-order valence-electron chi connectivity index (χ4n) is 3.89. The standard InChI is InChI=1S/C27H28N2O6/c1-5-29-15-22(20-12-24(32-3)25(33-4)13-21(20)27(29)31)26(30)28-14-18-9-8-17(2)11-23(18)35-16-19-7-6-10-34-19/h6-13,15H,5,14,16H2,1-4H3,(H,28,30). The average molecular weight is 477 g/mol. The largest absolute Gasteiger partial charge is 0.493 e. The Morgan fingerprint density at radius 3 is 2.43 bits per heavy atom. The molecule has 35 heavy (non-hydrogen) atoms. The van der Waals surface area contributed by atoms with E-state index in [4.69, 9.17) is 18.6 Å². The van der Waals surface area contributed by atoms with Crippen LogP contribution in [0.5, 0.6) is 17.2 Å². The molecular weight excluding hydrogens is 448 g/mol. The maximum Gasteiger partial charge on any atom is 0.258 e. The van der Waals surface area contributed by atoms with E-state index in [-0.39, 0.29) is 24.6 Å². The van der Waals surface area contributed by atoms with Gasteiger partial charge in [-0.25, -0.2) is 0 Å². The van der Waals surface area contributed by atoms with Crippen molar-refractivity contribution >= 4 is 16.7 Å². The fraction of sp³-hybridized carbons (Fsp3) is 0.259. The second-order valence-electron chi connectivity index (χ2n) is 8.05. The summed E-state index contributed by atoms with van der Waals surface area (Å²) in [7, 11) is 3.02. The molecule has 1 amide bonds. The number of amides is 1. The van der Waals surface area contributed by atoms with Crippen LogP contribution in [0.4, 0.5) is 0 Å². The van der Waals surface area contributed by atoms with Crippen molar-refractivity contribution in [2.45, 2.75) is 33.5 Å².